The van der Waals surface area contributed by atoms with E-state index in [1.54, 1.807) is 36.0 Å². The second kappa shape index (κ2) is 10.8. The molecule has 0 radical (unpaired) electrons. The van der Waals surface area contributed by atoms with Gasteiger partial charge in [-0.25, -0.2) is 13.4 Å². The predicted octanol–water partition coefficient (Wildman–Crippen LogP) is 5.63. The lowest BCUT2D eigenvalue weighted by molar-refractivity contribution is -0.127. The van der Waals surface area contributed by atoms with Crippen LogP contribution >= 0.6 is 11.8 Å². The molecule has 198 valence electrons. The van der Waals surface area contributed by atoms with Gasteiger partial charge in [0.1, 0.15) is 0 Å². The number of hydrogen-bond donors (Lipinski definition) is 1. The Morgan fingerprint density at radius 1 is 1.05 bits per heavy atom. The Morgan fingerprint density at radius 3 is 2.47 bits per heavy atom. The van der Waals surface area contributed by atoms with E-state index in [4.69, 9.17) is 4.99 Å². The first kappa shape index (κ1) is 26.3. The first-order valence-corrected chi connectivity index (χ1v) is 15.4. The van der Waals surface area contributed by atoms with Gasteiger partial charge in [-0.05, 0) is 67.8 Å². The summed E-state index contributed by atoms with van der Waals surface area (Å²) in [4.78, 5) is 22.7. The van der Waals surface area contributed by atoms with Crippen LogP contribution in [0.5, 0.6) is 0 Å². The summed E-state index contributed by atoms with van der Waals surface area (Å²) >= 11 is 1.72. The molecule has 3 aromatic carbocycles. The van der Waals surface area contributed by atoms with Gasteiger partial charge in [0.15, 0.2) is 5.17 Å². The quantitative estimate of drug-likeness (QED) is 0.414. The van der Waals surface area contributed by atoms with Gasteiger partial charge < -0.3 is 9.80 Å². The average molecular weight is 549 g/mol. The molecule has 2 heterocycles. The van der Waals surface area contributed by atoms with E-state index < -0.39 is 10.0 Å². The standard InChI is InChI=1S/C29H32N4O3S2/c1-4-32(5-2)28(34)26-20(3)30-29-33(17-8-18-37-29)27(26)22-11-14-24(15-12-22)31-38(35,36)25-16-13-21-9-6-7-10-23(21)19-25/h6-7,9-16,19,27,31H,4-5,8,17-18H2,1-3H3. The molecule has 0 aliphatic carbocycles. The second-order valence-corrected chi connectivity index (χ2v) is 12.1. The van der Waals surface area contributed by atoms with Crippen LogP contribution in [0.3, 0.4) is 0 Å². The van der Waals surface area contributed by atoms with Crippen molar-refractivity contribution in [3.8, 4) is 0 Å². The van der Waals surface area contributed by atoms with Crippen molar-refractivity contribution >= 4 is 49.3 Å². The minimum Gasteiger partial charge on any atom is -0.340 e. The number of carbonyl (C=O) groups excluding carboxylic acids is 1. The molecular weight excluding hydrogens is 516 g/mol. The third-order valence-electron chi connectivity index (χ3n) is 7.05. The van der Waals surface area contributed by atoms with Gasteiger partial charge in [0.05, 0.1) is 22.2 Å². The zero-order chi connectivity index (χ0) is 26.9. The highest BCUT2D eigenvalue weighted by molar-refractivity contribution is 8.13. The van der Waals surface area contributed by atoms with Crippen LogP contribution in [0.4, 0.5) is 5.69 Å². The Balaban J connectivity index is 1.45. The topological polar surface area (TPSA) is 82.1 Å². The summed E-state index contributed by atoms with van der Waals surface area (Å²) in [7, 11) is -3.77. The van der Waals surface area contributed by atoms with E-state index >= 15 is 0 Å². The highest BCUT2D eigenvalue weighted by Crippen LogP contribution is 2.40. The summed E-state index contributed by atoms with van der Waals surface area (Å²) in [5, 5.41) is 2.80. The number of nitrogens with zero attached hydrogens (tertiary/aromatic N) is 3. The number of likely N-dealkylation sites (N-methyl/N-ethyl adjacent to an activating group) is 1. The molecule has 38 heavy (non-hydrogen) atoms. The van der Waals surface area contributed by atoms with E-state index in [9.17, 15) is 13.2 Å². The Labute approximate surface area is 228 Å². The Bertz CT molecular complexity index is 1530. The number of hydrogen-bond acceptors (Lipinski definition) is 6. The first-order chi connectivity index (χ1) is 18.3. The number of allylic oxidation sites excluding steroid dienone is 1. The third kappa shape index (κ3) is 5.05. The van der Waals surface area contributed by atoms with E-state index in [-0.39, 0.29) is 16.8 Å². The van der Waals surface area contributed by atoms with Crippen LogP contribution in [0.2, 0.25) is 0 Å². The minimum absolute atomic E-state index is 0.00282. The molecule has 1 amide bonds. The van der Waals surface area contributed by atoms with E-state index in [0.717, 1.165) is 45.9 Å². The minimum atomic E-state index is -3.77. The van der Waals surface area contributed by atoms with Gasteiger partial charge in [-0.2, -0.15) is 0 Å². The molecule has 0 saturated carbocycles. The van der Waals surface area contributed by atoms with Crippen LogP contribution in [0.1, 0.15) is 38.8 Å². The van der Waals surface area contributed by atoms with Crippen molar-refractivity contribution in [3.05, 3.63) is 83.6 Å². The van der Waals surface area contributed by atoms with Crippen LogP contribution in [-0.2, 0) is 14.8 Å². The fraction of sp³-hybridized carbons (Fsp3) is 0.310. The molecule has 1 N–H and O–H groups in total. The summed E-state index contributed by atoms with van der Waals surface area (Å²) in [6, 6.07) is 19.9. The molecule has 1 atom stereocenters. The summed E-state index contributed by atoms with van der Waals surface area (Å²) in [5.41, 5.74) is 2.83. The number of amidine groups is 1. The first-order valence-electron chi connectivity index (χ1n) is 12.9. The fourth-order valence-corrected chi connectivity index (χ4v) is 7.17. The summed E-state index contributed by atoms with van der Waals surface area (Å²) < 4.78 is 29.0. The molecule has 1 saturated heterocycles. The molecule has 2 aliphatic heterocycles. The van der Waals surface area contributed by atoms with E-state index in [0.29, 0.717) is 24.4 Å². The van der Waals surface area contributed by atoms with Crippen molar-refractivity contribution in [2.75, 3.05) is 30.1 Å². The van der Waals surface area contributed by atoms with E-state index in [1.807, 2.05) is 68.1 Å². The van der Waals surface area contributed by atoms with Crippen molar-refractivity contribution in [3.63, 3.8) is 0 Å². The second-order valence-electron chi connectivity index (χ2n) is 9.41. The highest BCUT2D eigenvalue weighted by atomic mass is 32.2. The third-order valence-corrected chi connectivity index (χ3v) is 9.51. The van der Waals surface area contributed by atoms with Crippen LogP contribution < -0.4 is 4.72 Å². The average Bonchev–Trinajstić information content (AvgIpc) is 2.93. The maximum absolute atomic E-state index is 13.6. The molecule has 3 aromatic rings. The number of thioether (sulfide) groups is 1. The van der Waals surface area contributed by atoms with Crippen molar-refractivity contribution in [2.45, 2.75) is 38.1 Å². The Kier molecular flexibility index (Phi) is 7.49. The van der Waals surface area contributed by atoms with Crippen molar-refractivity contribution in [1.82, 2.24) is 9.80 Å². The maximum Gasteiger partial charge on any atom is 0.261 e. The number of sulfonamides is 1. The van der Waals surface area contributed by atoms with Gasteiger partial charge in [-0.1, -0.05) is 54.2 Å². The summed E-state index contributed by atoms with van der Waals surface area (Å²) in [5.74, 6) is 1.00. The monoisotopic (exact) mass is 548 g/mol. The number of nitrogens with one attached hydrogen (secondary N) is 1. The van der Waals surface area contributed by atoms with Gasteiger partial charge in [-0.3, -0.25) is 9.52 Å². The highest BCUT2D eigenvalue weighted by Gasteiger charge is 2.38. The van der Waals surface area contributed by atoms with Crippen molar-refractivity contribution < 1.29 is 13.2 Å². The van der Waals surface area contributed by atoms with Crippen LogP contribution in [0.25, 0.3) is 10.8 Å². The largest absolute Gasteiger partial charge is 0.340 e. The summed E-state index contributed by atoms with van der Waals surface area (Å²) in [6.07, 6.45) is 1.01. The smallest absolute Gasteiger partial charge is 0.261 e. The van der Waals surface area contributed by atoms with Gasteiger partial charge >= 0.3 is 0 Å². The number of rotatable bonds is 7. The van der Waals surface area contributed by atoms with Crippen LogP contribution in [0, 0.1) is 0 Å². The van der Waals surface area contributed by atoms with Gasteiger partial charge in [0.25, 0.3) is 15.9 Å². The number of anilines is 1. The number of fused-ring (bicyclic) bond motifs is 2. The Morgan fingerprint density at radius 2 is 1.76 bits per heavy atom. The van der Waals surface area contributed by atoms with Crippen LogP contribution in [-0.4, -0.2) is 54.7 Å². The molecule has 9 heteroatoms. The lowest BCUT2D eigenvalue weighted by atomic mass is 9.93. The number of amides is 1. The van der Waals surface area contributed by atoms with Gasteiger partial charge in [0.2, 0.25) is 0 Å². The molecule has 2 aliphatic rings. The normalized spacial score (nSPS) is 17.7. The SMILES string of the molecule is CCN(CC)C(=O)C1=C(C)N=C2SCCCN2C1c1ccc(NS(=O)(=O)c2ccc3ccccc3c2)cc1. The molecule has 1 unspecified atom stereocenters. The van der Waals surface area contributed by atoms with Gasteiger partial charge in [0, 0.05) is 31.1 Å². The number of aliphatic imine (C=N–C) groups is 1. The van der Waals surface area contributed by atoms with Crippen molar-refractivity contribution in [1.29, 1.82) is 0 Å². The fourth-order valence-electron chi connectivity index (χ4n) is 5.05. The zero-order valence-electron chi connectivity index (χ0n) is 21.8. The van der Waals surface area contributed by atoms with E-state index in [2.05, 4.69) is 9.62 Å². The molecule has 7 nitrogen and oxygen atoms in total. The maximum atomic E-state index is 13.6. The molecular formula is C29H32N4O3S2. The Hall–Kier alpha value is -3.30. The van der Waals surface area contributed by atoms with Gasteiger partial charge in [-0.15, -0.1) is 0 Å². The molecule has 0 aromatic heterocycles. The lowest BCUT2D eigenvalue weighted by Crippen LogP contribution is -2.45. The predicted molar refractivity (Wildman–Crippen MR) is 156 cm³/mol. The lowest BCUT2D eigenvalue weighted by Gasteiger charge is -2.41. The summed E-state index contributed by atoms with van der Waals surface area (Å²) in [6.45, 7) is 7.94. The van der Waals surface area contributed by atoms with Crippen LogP contribution in [0.15, 0.2) is 87.9 Å². The number of carbonyl (C=O) groups is 1. The molecule has 5 rings (SSSR count). The molecule has 0 bridgehead atoms. The molecule has 1 fully saturated rings. The van der Waals surface area contributed by atoms with E-state index in [1.165, 1.54) is 0 Å². The molecule has 0 spiro atoms. The zero-order valence-corrected chi connectivity index (χ0v) is 23.5. The number of benzene rings is 3. The van der Waals surface area contributed by atoms with Crippen molar-refractivity contribution in [2.24, 2.45) is 4.99 Å².